The maximum atomic E-state index is 10.9. The number of aromatic amines is 1. The SMILES string of the molecule is COc1ccc2[nH]c(C(=O)O)c(C)c2c1. The number of carboxylic acid groups (broad SMARTS) is 1. The first kappa shape index (κ1) is 9.58. The van der Waals surface area contributed by atoms with Crippen LogP contribution in [0.25, 0.3) is 10.9 Å². The van der Waals surface area contributed by atoms with Crippen molar-refractivity contribution in [2.45, 2.75) is 6.92 Å². The molecule has 0 saturated heterocycles. The molecule has 0 aliphatic rings. The van der Waals surface area contributed by atoms with Gasteiger partial charge in [0.15, 0.2) is 0 Å². The minimum Gasteiger partial charge on any atom is -0.497 e. The van der Waals surface area contributed by atoms with Crippen LogP contribution in [0.2, 0.25) is 0 Å². The van der Waals surface area contributed by atoms with E-state index in [1.807, 2.05) is 12.1 Å². The number of rotatable bonds is 2. The third-order valence-electron chi connectivity index (χ3n) is 2.48. The zero-order chi connectivity index (χ0) is 11.0. The molecule has 4 heteroatoms. The molecule has 0 unspecified atom stereocenters. The molecule has 2 N–H and O–H groups in total. The summed E-state index contributed by atoms with van der Waals surface area (Å²) >= 11 is 0. The molecule has 4 nitrogen and oxygen atoms in total. The van der Waals surface area contributed by atoms with Crippen molar-refractivity contribution in [3.05, 3.63) is 29.5 Å². The predicted octanol–water partition coefficient (Wildman–Crippen LogP) is 2.18. The number of carbonyl (C=O) groups is 1. The number of aryl methyl sites for hydroxylation is 1. The molecule has 0 atom stereocenters. The summed E-state index contributed by atoms with van der Waals surface area (Å²) in [6, 6.07) is 5.44. The van der Waals surface area contributed by atoms with Gasteiger partial charge in [-0.15, -0.1) is 0 Å². The number of nitrogens with one attached hydrogen (secondary N) is 1. The summed E-state index contributed by atoms with van der Waals surface area (Å²) in [5.41, 5.74) is 1.78. The molecule has 15 heavy (non-hydrogen) atoms. The molecule has 0 radical (unpaired) electrons. The second-order valence-corrected chi connectivity index (χ2v) is 3.34. The molecule has 0 amide bonds. The number of H-pyrrole nitrogens is 1. The standard InChI is InChI=1S/C11H11NO3/c1-6-8-5-7(15-2)3-4-9(8)12-10(6)11(13)14/h3-5,12H,1-2H3,(H,13,14). The fraction of sp³-hybridized carbons (Fsp3) is 0.182. The Kier molecular flexibility index (Phi) is 2.11. The highest BCUT2D eigenvalue weighted by Gasteiger charge is 2.13. The Morgan fingerprint density at radius 3 is 2.80 bits per heavy atom. The molecule has 0 saturated carbocycles. The number of aromatic carboxylic acids is 1. The minimum absolute atomic E-state index is 0.234. The molecule has 2 aromatic rings. The molecule has 2 rings (SSSR count). The fourth-order valence-corrected chi connectivity index (χ4v) is 1.65. The normalized spacial score (nSPS) is 10.5. The lowest BCUT2D eigenvalue weighted by Crippen LogP contribution is -1.97. The number of aromatic nitrogens is 1. The first-order valence-electron chi connectivity index (χ1n) is 4.53. The molecular formula is C11H11NO3. The van der Waals surface area contributed by atoms with Crippen LogP contribution in [0, 0.1) is 6.92 Å². The van der Waals surface area contributed by atoms with E-state index in [1.165, 1.54) is 0 Å². The second-order valence-electron chi connectivity index (χ2n) is 3.34. The van der Waals surface area contributed by atoms with Crippen molar-refractivity contribution < 1.29 is 14.6 Å². The topological polar surface area (TPSA) is 62.3 Å². The van der Waals surface area contributed by atoms with Gasteiger partial charge in [-0.2, -0.15) is 0 Å². The summed E-state index contributed by atoms with van der Waals surface area (Å²) in [6.07, 6.45) is 0. The third kappa shape index (κ3) is 1.44. The van der Waals surface area contributed by atoms with Crippen LogP contribution in [0.1, 0.15) is 16.1 Å². The Labute approximate surface area is 86.5 Å². The van der Waals surface area contributed by atoms with Gasteiger partial charge in [0.1, 0.15) is 11.4 Å². The molecule has 0 bridgehead atoms. The Balaban J connectivity index is 2.72. The predicted molar refractivity (Wildman–Crippen MR) is 56.5 cm³/mol. The number of hydrogen-bond donors (Lipinski definition) is 2. The van der Waals surface area contributed by atoms with E-state index in [1.54, 1.807) is 20.1 Å². The highest BCUT2D eigenvalue weighted by molar-refractivity contribution is 5.97. The lowest BCUT2D eigenvalue weighted by molar-refractivity contribution is 0.0691. The number of hydrogen-bond acceptors (Lipinski definition) is 2. The Morgan fingerprint density at radius 2 is 2.20 bits per heavy atom. The molecule has 1 aromatic heterocycles. The van der Waals surface area contributed by atoms with Crippen LogP contribution in [0.15, 0.2) is 18.2 Å². The summed E-state index contributed by atoms with van der Waals surface area (Å²) in [5, 5.41) is 9.81. The maximum Gasteiger partial charge on any atom is 0.352 e. The van der Waals surface area contributed by atoms with Gasteiger partial charge in [0, 0.05) is 10.9 Å². The zero-order valence-electron chi connectivity index (χ0n) is 8.50. The number of fused-ring (bicyclic) bond motifs is 1. The van der Waals surface area contributed by atoms with E-state index in [0.717, 1.165) is 22.2 Å². The quantitative estimate of drug-likeness (QED) is 0.789. The van der Waals surface area contributed by atoms with E-state index in [9.17, 15) is 4.79 Å². The lowest BCUT2D eigenvalue weighted by Gasteiger charge is -1.98. The van der Waals surface area contributed by atoms with E-state index in [-0.39, 0.29) is 5.69 Å². The largest absolute Gasteiger partial charge is 0.497 e. The number of methoxy groups -OCH3 is 1. The van der Waals surface area contributed by atoms with Crippen molar-refractivity contribution in [2.75, 3.05) is 7.11 Å². The smallest absolute Gasteiger partial charge is 0.352 e. The van der Waals surface area contributed by atoms with E-state index in [2.05, 4.69) is 4.98 Å². The summed E-state index contributed by atoms with van der Waals surface area (Å²) in [4.78, 5) is 13.7. The lowest BCUT2D eigenvalue weighted by atomic mass is 10.1. The van der Waals surface area contributed by atoms with Gasteiger partial charge < -0.3 is 14.8 Å². The Morgan fingerprint density at radius 1 is 1.47 bits per heavy atom. The summed E-state index contributed by atoms with van der Waals surface area (Å²) in [6.45, 7) is 1.78. The summed E-state index contributed by atoms with van der Waals surface area (Å²) in [5.74, 6) is -0.218. The Bertz CT molecular complexity index is 528. The number of ether oxygens (including phenoxy) is 1. The minimum atomic E-state index is -0.942. The van der Waals surface area contributed by atoms with E-state index >= 15 is 0 Å². The van der Waals surface area contributed by atoms with Gasteiger partial charge in [0.05, 0.1) is 7.11 Å². The average molecular weight is 205 g/mol. The first-order valence-corrected chi connectivity index (χ1v) is 4.53. The fourth-order valence-electron chi connectivity index (χ4n) is 1.65. The van der Waals surface area contributed by atoms with Crippen molar-refractivity contribution >= 4 is 16.9 Å². The molecule has 1 heterocycles. The van der Waals surface area contributed by atoms with Crippen molar-refractivity contribution in [3.8, 4) is 5.75 Å². The maximum absolute atomic E-state index is 10.9. The number of carboxylic acids is 1. The molecule has 0 aliphatic heterocycles. The second kappa shape index (κ2) is 3.31. The van der Waals surface area contributed by atoms with Gasteiger partial charge in [0.2, 0.25) is 0 Å². The van der Waals surface area contributed by atoms with Crippen molar-refractivity contribution in [1.29, 1.82) is 0 Å². The van der Waals surface area contributed by atoms with Crippen LogP contribution in [0.5, 0.6) is 5.75 Å². The van der Waals surface area contributed by atoms with E-state index in [0.29, 0.717) is 0 Å². The van der Waals surface area contributed by atoms with Gasteiger partial charge in [-0.3, -0.25) is 0 Å². The van der Waals surface area contributed by atoms with Crippen LogP contribution in [-0.2, 0) is 0 Å². The summed E-state index contributed by atoms with van der Waals surface area (Å²) < 4.78 is 5.09. The monoisotopic (exact) mass is 205 g/mol. The highest BCUT2D eigenvalue weighted by Crippen LogP contribution is 2.25. The molecule has 0 aliphatic carbocycles. The third-order valence-corrected chi connectivity index (χ3v) is 2.48. The van der Waals surface area contributed by atoms with Crippen LogP contribution in [0.3, 0.4) is 0 Å². The van der Waals surface area contributed by atoms with Gasteiger partial charge in [-0.25, -0.2) is 4.79 Å². The molecular weight excluding hydrogens is 194 g/mol. The van der Waals surface area contributed by atoms with Crippen LogP contribution in [-0.4, -0.2) is 23.2 Å². The van der Waals surface area contributed by atoms with Gasteiger partial charge >= 0.3 is 5.97 Å². The molecule has 78 valence electrons. The molecule has 0 fully saturated rings. The zero-order valence-corrected chi connectivity index (χ0v) is 8.50. The van der Waals surface area contributed by atoms with Crippen molar-refractivity contribution in [1.82, 2.24) is 4.98 Å². The Hall–Kier alpha value is -1.97. The van der Waals surface area contributed by atoms with Crippen LogP contribution in [0.4, 0.5) is 0 Å². The van der Waals surface area contributed by atoms with E-state index in [4.69, 9.17) is 9.84 Å². The van der Waals surface area contributed by atoms with Crippen molar-refractivity contribution in [3.63, 3.8) is 0 Å². The van der Waals surface area contributed by atoms with Gasteiger partial charge in [-0.1, -0.05) is 0 Å². The molecule has 0 spiro atoms. The van der Waals surface area contributed by atoms with Crippen molar-refractivity contribution in [2.24, 2.45) is 0 Å². The molecule has 1 aromatic carbocycles. The first-order chi connectivity index (χ1) is 7.13. The highest BCUT2D eigenvalue weighted by atomic mass is 16.5. The van der Waals surface area contributed by atoms with Gasteiger partial charge in [-0.05, 0) is 30.7 Å². The van der Waals surface area contributed by atoms with Gasteiger partial charge in [0.25, 0.3) is 0 Å². The van der Waals surface area contributed by atoms with Crippen LogP contribution < -0.4 is 4.74 Å². The summed E-state index contributed by atoms with van der Waals surface area (Å²) in [7, 11) is 1.58. The van der Waals surface area contributed by atoms with Crippen LogP contribution >= 0.6 is 0 Å². The number of benzene rings is 1. The van der Waals surface area contributed by atoms with E-state index < -0.39 is 5.97 Å². The average Bonchev–Trinajstić information content (AvgIpc) is 2.56.